The number of hydrogen-bond donors (Lipinski definition) is 1. The van der Waals surface area contributed by atoms with Crippen LogP contribution >= 0.6 is 11.6 Å². The summed E-state index contributed by atoms with van der Waals surface area (Å²) in [6.45, 7) is 2.17. The van der Waals surface area contributed by atoms with Gasteiger partial charge in [-0.15, -0.1) is 0 Å². The second-order valence-electron chi connectivity index (χ2n) is 7.25. The lowest BCUT2D eigenvalue weighted by Crippen LogP contribution is -2.32. The summed E-state index contributed by atoms with van der Waals surface area (Å²) < 4.78 is 0. The van der Waals surface area contributed by atoms with Crippen LogP contribution in [0, 0.1) is 0 Å². The first-order valence-electron chi connectivity index (χ1n) is 9.71. The Hall–Kier alpha value is -2.49. The number of Topliss-reactive ketones (excluding diaryl/α,β-unsaturated/α-hetero) is 1. The number of halogens is 1. The molecule has 1 aliphatic heterocycles. The highest BCUT2D eigenvalue weighted by molar-refractivity contribution is 6.30. The predicted molar refractivity (Wildman–Crippen MR) is 113 cm³/mol. The summed E-state index contributed by atoms with van der Waals surface area (Å²) in [7, 11) is 0. The smallest absolute Gasteiger partial charge is 0.181 e. The van der Waals surface area contributed by atoms with Gasteiger partial charge in [0.25, 0.3) is 0 Å². The Morgan fingerprint density at radius 3 is 2.61 bits per heavy atom. The Morgan fingerprint density at radius 1 is 1.11 bits per heavy atom. The Labute approximate surface area is 170 Å². The van der Waals surface area contributed by atoms with Gasteiger partial charge in [-0.25, -0.2) is 0 Å². The first kappa shape index (κ1) is 18.9. The standard InChI is InChI=1S/C24H23ClN2O/c1-2-16-6-3-4-8-20(16)23-21(17-9-11-19(25)12-10-17)14-22(27-23)24(28)18-7-5-13-26-15-18/h3-13,15,21-23,27H,2,14H2,1H3. The molecule has 1 N–H and O–H groups in total. The molecule has 3 nitrogen and oxygen atoms in total. The summed E-state index contributed by atoms with van der Waals surface area (Å²) >= 11 is 6.10. The number of nitrogens with zero attached hydrogens (tertiary/aromatic N) is 1. The zero-order valence-electron chi connectivity index (χ0n) is 15.8. The number of carbonyl (C=O) groups is 1. The van der Waals surface area contributed by atoms with Gasteiger partial charge in [-0.1, -0.05) is 54.9 Å². The molecule has 0 aliphatic carbocycles. The molecule has 142 valence electrons. The van der Waals surface area contributed by atoms with Crippen molar-refractivity contribution in [2.75, 3.05) is 0 Å². The highest BCUT2D eigenvalue weighted by atomic mass is 35.5. The van der Waals surface area contributed by atoms with E-state index in [2.05, 4.69) is 53.6 Å². The van der Waals surface area contributed by atoms with Gasteiger partial charge in [0.05, 0.1) is 6.04 Å². The van der Waals surface area contributed by atoms with Crippen LogP contribution in [-0.2, 0) is 6.42 Å². The summed E-state index contributed by atoms with van der Waals surface area (Å²) in [5.74, 6) is 0.305. The molecule has 0 bridgehead atoms. The topological polar surface area (TPSA) is 42.0 Å². The van der Waals surface area contributed by atoms with Crippen molar-refractivity contribution in [2.24, 2.45) is 0 Å². The van der Waals surface area contributed by atoms with E-state index < -0.39 is 0 Å². The molecule has 0 spiro atoms. The second-order valence-corrected chi connectivity index (χ2v) is 7.69. The van der Waals surface area contributed by atoms with Crippen molar-refractivity contribution in [3.05, 3.63) is 100 Å². The van der Waals surface area contributed by atoms with Crippen LogP contribution in [0.3, 0.4) is 0 Å². The molecule has 0 radical (unpaired) electrons. The lowest BCUT2D eigenvalue weighted by molar-refractivity contribution is 0.0949. The van der Waals surface area contributed by atoms with Crippen molar-refractivity contribution in [2.45, 2.75) is 37.8 Å². The minimum Gasteiger partial charge on any atom is -0.300 e. The molecular formula is C24H23ClN2O. The van der Waals surface area contributed by atoms with Crippen molar-refractivity contribution in [1.82, 2.24) is 10.3 Å². The lowest BCUT2D eigenvalue weighted by Gasteiger charge is -2.23. The van der Waals surface area contributed by atoms with Crippen LogP contribution in [0.15, 0.2) is 73.1 Å². The van der Waals surface area contributed by atoms with E-state index in [-0.39, 0.29) is 23.8 Å². The molecule has 0 saturated carbocycles. The maximum atomic E-state index is 13.1. The first-order chi connectivity index (χ1) is 13.7. The van der Waals surface area contributed by atoms with Gasteiger partial charge in [0.1, 0.15) is 0 Å². The molecule has 3 unspecified atom stereocenters. The second kappa shape index (κ2) is 8.26. The van der Waals surface area contributed by atoms with Gasteiger partial charge in [0.15, 0.2) is 5.78 Å². The maximum Gasteiger partial charge on any atom is 0.181 e. The highest BCUT2D eigenvalue weighted by Gasteiger charge is 2.39. The van der Waals surface area contributed by atoms with E-state index in [1.165, 1.54) is 16.7 Å². The van der Waals surface area contributed by atoms with E-state index in [1.807, 2.05) is 24.3 Å². The molecule has 3 aromatic rings. The van der Waals surface area contributed by atoms with Crippen LogP contribution in [0.25, 0.3) is 0 Å². The molecule has 28 heavy (non-hydrogen) atoms. The van der Waals surface area contributed by atoms with Crippen molar-refractivity contribution >= 4 is 17.4 Å². The van der Waals surface area contributed by atoms with Crippen molar-refractivity contribution in [1.29, 1.82) is 0 Å². The maximum absolute atomic E-state index is 13.1. The van der Waals surface area contributed by atoms with E-state index in [1.54, 1.807) is 12.4 Å². The van der Waals surface area contributed by atoms with Crippen molar-refractivity contribution in [3.63, 3.8) is 0 Å². The molecule has 1 fully saturated rings. The summed E-state index contributed by atoms with van der Waals surface area (Å²) in [4.78, 5) is 17.2. The van der Waals surface area contributed by atoms with E-state index in [0.717, 1.165) is 17.9 Å². The fourth-order valence-electron chi connectivity index (χ4n) is 4.19. The largest absolute Gasteiger partial charge is 0.300 e. The number of aromatic nitrogens is 1. The fourth-order valence-corrected chi connectivity index (χ4v) is 4.31. The Bertz CT molecular complexity index is 956. The number of hydrogen-bond acceptors (Lipinski definition) is 3. The molecule has 0 amide bonds. The van der Waals surface area contributed by atoms with Gasteiger partial charge in [-0.2, -0.15) is 0 Å². The molecule has 2 heterocycles. The average molecular weight is 391 g/mol. The minimum atomic E-state index is -0.236. The molecule has 4 rings (SSSR count). The summed E-state index contributed by atoms with van der Waals surface area (Å²) in [6.07, 6.45) is 5.05. The number of rotatable bonds is 5. The zero-order valence-corrected chi connectivity index (χ0v) is 16.6. The molecule has 2 aromatic carbocycles. The van der Waals surface area contributed by atoms with Crippen LogP contribution < -0.4 is 5.32 Å². The SMILES string of the molecule is CCc1ccccc1C1NC(C(=O)c2cccnc2)CC1c1ccc(Cl)cc1. The number of ketones is 1. The van der Waals surface area contributed by atoms with E-state index in [9.17, 15) is 4.79 Å². The van der Waals surface area contributed by atoms with E-state index in [0.29, 0.717) is 5.56 Å². The van der Waals surface area contributed by atoms with Crippen LogP contribution in [0.5, 0.6) is 0 Å². The third-order valence-electron chi connectivity index (χ3n) is 5.60. The van der Waals surface area contributed by atoms with Gasteiger partial charge in [-0.3, -0.25) is 15.1 Å². The predicted octanol–water partition coefficient (Wildman–Crippen LogP) is 5.37. The first-order valence-corrected chi connectivity index (χ1v) is 10.1. The van der Waals surface area contributed by atoms with Gasteiger partial charge in [0.2, 0.25) is 0 Å². The van der Waals surface area contributed by atoms with Gasteiger partial charge in [-0.05, 0) is 53.8 Å². The molecule has 1 saturated heterocycles. The summed E-state index contributed by atoms with van der Waals surface area (Å²) in [5, 5.41) is 4.36. The average Bonchev–Trinajstić information content (AvgIpc) is 3.19. The molecule has 3 atom stereocenters. The highest BCUT2D eigenvalue weighted by Crippen LogP contribution is 2.42. The minimum absolute atomic E-state index is 0.0861. The third-order valence-corrected chi connectivity index (χ3v) is 5.86. The number of carbonyl (C=O) groups excluding carboxylic acids is 1. The Morgan fingerprint density at radius 2 is 1.89 bits per heavy atom. The summed E-state index contributed by atoms with van der Waals surface area (Å²) in [6, 6.07) is 20.0. The Kier molecular flexibility index (Phi) is 5.56. The van der Waals surface area contributed by atoms with Crippen molar-refractivity contribution in [3.8, 4) is 0 Å². The number of pyridine rings is 1. The van der Waals surface area contributed by atoms with Crippen molar-refractivity contribution < 1.29 is 4.79 Å². The number of benzene rings is 2. The van der Waals surface area contributed by atoms with Crippen LogP contribution in [0.2, 0.25) is 5.02 Å². The fraction of sp³-hybridized carbons (Fsp3) is 0.250. The summed E-state index contributed by atoms with van der Waals surface area (Å²) in [5.41, 5.74) is 4.44. The molecule has 4 heteroatoms. The third kappa shape index (κ3) is 3.73. The van der Waals surface area contributed by atoms with Crippen LogP contribution in [-0.4, -0.2) is 16.8 Å². The van der Waals surface area contributed by atoms with Crippen LogP contribution in [0.1, 0.15) is 52.4 Å². The van der Waals surface area contributed by atoms with E-state index >= 15 is 0 Å². The number of aryl methyl sites for hydroxylation is 1. The quantitative estimate of drug-likeness (QED) is 0.595. The molecule has 1 aromatic heterocycles. The zero-order chi connectivity index (χ0) is 19.5. The van der Waals surface area contributed by atoms with Gasteiger partial charge in [0, 0.05) is 34.9 Å². The monoisotopic (exact) mass is 390 g/mol. The normalized spacial score (nSPS) is 21.6. The molecule has 1 aliphatic rings. The number of nitrogens with one attached hydrogen (secondary N) is 1. The van der Waals surface area contributed by atoms with Gasteiger partial charge < -0.3 is 0 Å². The van der Waals surface area contributed by atoms with E-state index in [4.69, 9.17) is 11.6 Å². The lowest BCUT2D eigenvalue weighted by atomic mass is 9.84. The van der Waals surface area contributed by atoms with Crippen LogP contribution in [0.4, 0.5) is 0 Å². The molecular weight excluding hydrogens is 368 g/mol. The van der Waals surface area contributed by atoms with Gasteiger partial charge >= 0.3 is 0 Å². The Balaban J connectivity index is 1.71.